The largest absolute Gasteiger partial charge is 0.497 e. The van der Waals surface area contributed by atoms with Crippen LogP contribution in [-0.2, 0) is 16.0 Å². The summed E-state index contributed by atoms with van der Waals surface area (Å²) in [6.45, 7) is 1.64. The lowest BCUT2D eigenvalue weighted by Crippen LogP contribution is -2.32. The molecule has 1 aliphatic heterocycles. The van der Waals surface area contributed by atoms with Gasteiger partial charge in [-0.3, -0.25) is 9.59 Å². The smallest absolute Gasteiger partial charge is 0.239 e. The van der Waals surface area contributed by atoms with Crippen molar-refractivity contribution in [1.29, 1.82) is 0 Å². The second kappa shape index (κ2) is 11.2. The van der Waals surface area contributed by atoms with E-state index in [1.54, 1.807) is 26.2 Å². The molecule has 9 heteroatoms. The Morgan fingerprint density at radius 1 is 1.06 bits per heavy atom. The number of hydrogen-bond acceptors (Lipinski definition) is 5. The highest BCUT2D eigenvalue weighted by Crippen LogP contribution is 2.29. The van der Waals surface area contributed by atoms with Crippen molar-refractivity contribution in [2.45, 2.75) is 30.6 Å². The minimum absolute atomic E-state index is 0.115. The normalized spacial score (nSPS) is 16.8. The molecule has 0 radical (unpaired) electrons. The lowest BCUT2D eigenvalue weighted by atomic mass is 9.94. The predicted molar refractivity (Wildman–Crippen MR) is 140 cm³/mol. The number of thiocarbonyl (C=S) groups is 1. The monoisotopic (exact) mass is 526 g/mol. The van der Waals surface area contributed by atoms with Crippen LogP contribution in [0.2, 0.25) is 0 Å². The first-order valence-corrected chi connectivity index (χ1v) is 12.5. The number of amides is 2. The van der Waals surface area contributed by atoms with Crippen LogP contribution in [0.15, 0.2) is 66.7 Å². The van der Waals surface area contributed by atoms with Gasteiger partial charge in [-0.15, -0.1) is 0 Å². The Bertz CT molecular complexity index is 1300. The fourth-order valence-corrected chi connectivity index (χ4v) is 5.31. The number of nitrogens with one attached hydrogen (secondary N) is 2. The molecule has 2 N–H and O–H groups in total. The van der Waals surface area contributed by atoms with Gasteiger partial charge in [0.05, 0.1) is 24.3 Å². The zero-order valence-electron chi connectivity index (χ0n) is 19.6. The molecular weight excluding hydrogens is 502 g/mol. The van der Waals surface area contributed by atoms with Crippen LogP contribution in [0.5, 0.6) is 5.75 Å². The molecule has 1 saturated heterocycles. The van der Waals surface area contributed by atoms with Gasteiger partial charge in [0, 0.05) is 0 Å². The number of thioether (sulfide) groups is 1. The van der Waals surface area contributed by atoms with E-state index in [2.05, 4.69) is 10.6 Å². The van der Waals surface area contributed by atoms with Crippen molar-refractivity contribution in [2.75, 3.05) is 7.11 Å². The molecule has 1 fully saturated rings. The van der Waals surface area contributed by atoms with Crippen LogP contribution in [-0.4, -0.2) is 28.5 Å². The van der Waals surface area contributed by atoms with Crippen molar-refractivity contribution in [1.82, 2.24) is 10.6 Å². The third-order valence-corrected chi connectivity index (χ3v) is 7.42. The summed E-state index contributed by atoms with van der Waals surface area (Å²) in [7, 11) is 1.57. The van der Waals surface area contributed by atoms with Crippen LogP contribution in [0, 0.1) is 11.6 Å². The fraction of sp³-hybridized carbons (Fsp3) is 0.222. The van der Waals surface area contributed by atoms with Crippen molar-refractivity contribution in [3.05, 3.63) is 101 Å². The van der Waals surface area contributed by atoms with E-state index >= 15 is 0 Å². The van der Waals surface area contributed by atoms with Gasteiger partial charge in [0.25, 0.3) is 0 Å². The molecule has 3 atom stereocenters. The lowest BCUT2D eigenvalue weighted by molar-refractivity contribution is -0.122. The summed E-state index contributed by atoms with van der Waals surface area (Å²) in [5.41, 5.74) is 2.92. The summed E-state index contributed by atoms with van der Waals surface area (Å²) < 4.78 is 32.9. The average molecular weight is 527 g/mol. The molecule has 2 amide bonds. The number of carbonyl (C=O) groups is 2. The van der Waals surface area contributed by atoms with Gasteiger partial charge in [-0.1, -0.05) is 66.4 Å². The van der Waals surface area contributed by atoms with Crippen LogP contribution < -0.4 is 15.4 Å². The highest BCUT2D eigenvalue weighted by Gasteiger charge is 2.29. The molecule has 0 aliphatic carbocycles. The molecule has 3 unspecified atom stereocenters. The number of methoxy groups -OCH3 is 1. The molecule has 0 aromatic heterocycles. The zero-order valence-corrected chi connectivity index (χ0v) is 21.2. The van der Waals surface area contributed by atoms with E-state index in [4.69, 9.17) is 17.0 Å². The zero-order chi connectivity index (χ0) is 25.8. The van der Waals surface area contributed by atoms with Crippen molar-refractivity contribution in [2.24, 2.45) is 0 Å². The summed E-state index contributed by atoms with van der Waals surface area (Å²) in [6, 6.07) is 17.9. The Labute approximate surface area is 217 Å². The molecule has 3 aromatic rings. The van der Waals surface area contributed by atoms with Gasteiger partial charge in [-0.25, -0.2) is 8.78 Å². The van der Waals surface area contributed by atoms with Gasteiger partial charge in [-0.2, -0.15) is 0 Å². The maximum atomic E-state index is 13.8. The number of ether oxygens (including phenoxy) is 1. The predicted octanol–water partition coefficient (Wildman–Crippen LogP) is 5.04. The quantitative estimate of drug-likeness (QED) is 0.403. The third kappa shape index (κ3) is 5.91. The first kappa shape index (κ1) is 25.8. The highest BCUT2D eigenvalue weighted by molar-refractivity contribution is 8.24. The van der Waals surface area contributed by atoms with Gasteiger partial charge >= 0.3 is 0 Å². The van der Waals surface area contributed by atoms with Crippen LogP contribution in [0.4, 0.5) is 8.78 Å². The summed E-state index contributed by atoms with van der Waals surface area (Å²) in [6.07, 6.45) is 0.485. The van der Waals surface area contributed by atoms with Crippen LogP contribution in [0.1, 0.15) is 41.1 Å². The Morgan fingerprint density at radius 2 is 1.78 bits per heavy atom. The van der Waals surface area contributed by atoms with Crippen molar-refractivity contribution >= 4 is 40.1 Å². The second-order valence-electron chi connectivity index (χ2n) is 8.44. The van der Waals surface area contributed by atoms with Gasteiger partial charge in [-0.05, 0) is 59.9 Å². The molecule has 1 aliphatic rings. The highest BCUT2D eigenvalue weighted by atomic mass is 32.2. The van der Waals surface area contributed by atoms with E-state index in [1.165, 1.54) is 17.8 Å². The maximum Gasteiger partial charge on any atom is 0.239 e. The average Bonchev–Trinajstić information content (AvgIpc) is 3.19. The van der Waals surface area contributed by atoms with Gasteiger partial charge < -0.3 is 15.4 Å². The molecule has 0 saturated carbocycles. The van der Waals surface area contributed by atoms with Crippen LogP contribution in [0.25, 0.3) is 0 Å². The van der Waals surface area contributed by atoms with Crippen LogP contribution >= 0.6 is 24.0 Å². The molecular formula is C27H24F2N2O3S2. The summed E-state index contributed by atoms with van der Waals surface area (Å²) >= 11 is 6.42. The molecule has 36 heavy (non-hydrogen) atoms. The van der Waals surface area contributed by atoms with Gasteiger partial charge in [0.2, 0.25) is 11.8 Å². The topological polar surface area (TPSA) is 67.4 Å². The Hall–Kier alpha value is -3.30. The molecule has 3 aromatic carbocycles. The first-order valence-electron chi connectivity index (χ1n) is 11.2. The van der Waals surface area contributed by atoms with E-state index in [-0.39, 0.29) is 17.1 Å². The Balaban J connectivity index is 1.62. The number of carbonyl (C=O) groups excluding carboxylic acids is 2. The maximum absolute atomic E-state index is 13.8. The minimum atomic E-state index is -1.00. The number of benzene rings is 3. The molecule has 5 nitrogen and oxygen atoms in total. The molecule has 0 bridgehead atoms. The summed E-state index contributed by atoms with van der Waals surface area (Å²) in [5.74, 6) is -2.47. The Kier molecular flexibility index (Phi) is 8.01. The standard InChI is InChI=1S/C27H24F2N2O3S2/c1-15(18-8-11-21(28)22(29)14-18)25(32)30-24(17-6-9-20(34-2)10-7-17)19-5-3-4-16(12-19)13-23-26(33)31-27(35)36-23/h3-12,14-15,23-24H,13H2,1-2H3,(H,30,32)(H,31,33,35). The Morgan fingerprint density at radius 3 is 2.42 bits per heavy atom. The van der Waals surface area contributed by atoms with E-state index < -0.39 is 23.6 Å². The SMILES string of the molecule is COc1ccc(C(NC(=O)C(C)c2ccc(F)c(F)c2)c2cccc(CC3SC(=S)NC3=O)c2)cc1. The summed E-state index contributed by atoms with van der Waals surface area (Å²) in [4.78, 5) is 25.4. The summed E-state index contributed by atoms with van der Waals surface area (Å²) in [5, 5.41) is 5.40. The number of rotatable bonds is 8. The van der Waals surface area contributed by atoms with Crippen LogP contribution in [0.3, 0.4) is 0 Å². The van der Waals surface area contributed by atoms with Crippen molar-refractivity contribution in [3.63, 3.8) is 0 Å². The van der Waals surface area contributed by atoms with E-state index in [0.717, 1.165) is 28.8 Å². The van der Waals surface area contributed by atoms with Crippen molar-refractivity contribution in [3.8, 4) is 5.75 Å². The third-order valence-electron chi connectivity index (χ3n) is 6.05. The number of hydrogen-bond donors (Lipinski definition) is 2. The lowest BCUT2D eigenvalue weighted by Gasteiger charge is -2.23. The molecule has 186 valence electrons. The molecule has 0 spiro atoms. The first-order chi connectivity index (χ1) is 17.2. The minimum Gasteiger partial charge on any atom is -0.497 e. The second-order valence-corrected chi connectivity index (χ2v) is 10.3. The molecule has 4 rings (SSSR count). The van der Waals surface area contributed by atoms with E-state index in [9.17, 15) is 18.4 Å². The van der Waals surface area contributed by atoms with Gasteiger partial charge in [0.15, 0.2) is 11.6 Å². The van der Waals surface area contributed by atoms with Gasteiger partial charge in [0.1, 0.15) is 10.1 Å². The fourth-order valence-electron chi connectivity index (χ4n) is 4.00. The molecule has 1 heterocycles. The number of halogens is 2. The van der Waals surface area contributed by atoms with E-state index in [1.807, 2.05) is 36.4 Å². The van der Waals surface area contributed by atoms with Crippen molar-refractivity contribution < 1.29 is 23.1 Å². The van der Waals surface area contributed by atoms with E-state index in [0.29, 0.717) is 22.1 Å².